The Morgan fingerprint density at radius 3 is 2.64 bits per heavy atom. The van der Waals surface area contributed by atoms with E-state index in [9.17, 15) is 9.59 Å². The number of likely N-dealkylation sites (N-methyl/N-ethyl adjacent to an activating group) is 1. The van der Waals surface area contributed by atoms with Crippen LogP contribution < -0.4 is 0 Å². The fraction of sp³-hybridized carbons (Fsp3) is 0.312. The van der Waals surface area contributed by atoms with Gasteiger partial charge in [0.25, 0.3) is 5.91 Å². The van der Waals surface area contributed by atoms with Gasteiger partial charge in [-0.25, -0.2) is 4.79 Å². The van der Waals surface area contributed by atoms with Crippen molar-refractivity contribution in [3.05, 3.63) is 40.4 Å². The fourth-order valence-corrected chi connectivity index (χ4v) is 1.90. The molecule has 1 rings (SSSR count). The third-order valence-electron chi connectivity index (χ3n) is 2.86. The van der Waals surface area contributed by atoms with Gasteiger partial charge in [0.05, 0.1) is 12.5 Å². The molecule has 116 valence electrons. The molecule has 1 amide bonds. The Hall–Kier alpha value is -2.13. The van der Waals surface area contributed by atoms with Gasteiger partial charge in [-0.2, -0.15) is 5.26 Å². The van der Waals surface area contributed by atoms with E-state index in [0.717, 1.165) is 10.0 Å². The molecular weight excluding hydrogens is 348 g/mol. The summed E-state index contributed by atoms with van der Waals surface area (Å²) in [6.45, 7) is 1.82. The first-order chi connectivity index (χ1) is 10.4. The van der Waals surface area contributed by atoms with Crippen LogP contribution in [0.15, 0.2) is 34.8 Å². The molecule has 0 saturated carbocycles. The van der Waals surface area contributed by atoms with Gasteiger partial charge in [0.15, 0.2) is 6.10 Å². The Bertz CT molecular complexity index is 590. The lowest BCUT2D eigenvalue weighted by Gasteiger charge is -2.19. The van der Waals surface area contributed by atoms with Crippen molar-refractivity contribution in [1.82, 2.24) is 4.90 Å². The Kier molecular flexibility index (Phi) is 7.33. The number of benzene rings is 1. The first-order valence-corrected chi connectivity index (χ1v) is 7.49. The predicted octanol–water partition coefficient (Wildman–Crippen LogP) is 2.77. The number of hydrogen-bond donors (Lipinski definition) is 0. The van der Waals surface area contributed by atoms with Crippen molar-refractivity contribution in [2.75, 3.05) is 13.6 Å². The van der Waals surface area contributed by atoms with Gasteiger partial charge in [-0.05, 0) is 30.7 Å². The van der Waals surface area contributed by atoms with Gasteiger partial charge in [-0.3, -0.25) is 4.79 Å². The van der Waals surface area contributed by atoms with E-state index in [0.29, 0.717) is 6.54 Å². The highest BCUT2D eigenvalue weighted by molar-refractivity contribution is 9.10. The SMILES string of the molecule is C[C@@H](OC(=O)/C=C/c1ccc(Br)cc1)C(=O)N(C)CCC#N. The van der Waals surface area contributed by atoms with Gasteiger partial charge in [-0.15, -0.1) is 0 Å². The van der Waals surface area contributed by atoms with E-state index in [4.69, 9.17) is 10.00 Å². The van der Waals surface area contributed by atoms with Crippen LogP contribution in [0.1, 0.15) is 18.9 Å². The minimum atomic E-state index is -0.884. The average molecular weight is 365 g/mol. The molecule has 22 heavy (non-hydrogen) atoms. The second-order valence-corrected chi connectivity index (χ2v) is 5.55. The summed E-state index contributed by atoms with van der Waals surface area (Å²) in [4.78, 5) is 25.0. The highest BCUT2D eigenvalue weighted by Gasteiger charge is 2.20. The zero-order chi connectivity index (χ0) is 16.5. The van der Waals surface area contributed by atoms with Gasteiger partial charge in [0, 0.05) is 24.1 Å². The van der Waals surface area contributed by atoms with E-state index in [1.807, 2.05) is 30.3 Å². The van der Waals surface area contributed by atoms with Crippen LogP contribution in [-0.4, -0.2) is 36.5 Å². The molecule has 0 radical (unpaired) electrons. The van der Waals surface area contributed by atoms with Gasteiger partial charge >= 0.3 is 5.97 Å². The molecule has 0 bridgehead atoms. The zero-order valence-corrected chi connectivity index (χ0v) is 14.0. The quantitative estimate of drug-likeness (QED) is 0.574. The van der Waals surface area contributed by atoms with Crippen LogP contribution in [0.25, 0.3) is 6.08 Å². The minimum absolute atomic E-state index is 0.242. The van der Waals surface area contributed by atoms with Crippen molar-refractivity contribution < 1.29 is 14.3 Å². The van der Waals surface area contributed by atoms with Gasteiger partial charge in [0.1, 0.15) is 0 Å². The average Bonchev–Trinajstić information content (AvgIpc) is 2.51. The number of halogens is 1. The predicted molar refractivity (Wildman–Crippen MR) is 86.6 cm³/mol. The molecular formula is C16H17BrN2O3. The van der Waals surface area contributed by atoms with Crippen molar-refractivity contribution in [3.63, 3.8) is 0 Å². The lowest BCUT2D eigenvalue weighted by Crippen LogP contribution is -2.37. The maximum Gasteiger partial charge on any atom is 0.331 e. The standard InChI is InChI=1S/C16H17BrN2O3/c1-12(16(21)19(2)11-3-10-18)22-15(20)9-6-13-4-7-14(17)8-5-13/h4-9,12H,3,11H2,1-2H3/b9-6+/t12-/m1/s1. The molecule has 0 fully saturated rings. The Balaban J connectivity index is 2.51. The molecule has 0 spiro atoms. The van der Waals surface area contributed by atoms with E-state index in [1.54, 1.807) is 13.1 Å². The second kappa shape index (κ2) is 9.00. The zero-order valence-electron chi connectivity index (χ0n) is 12.5. The molecule has 0 N–H and O–H groups in total. The topological polar surface area (TPSA) is 70.4 Å². The first-order valence-electron chi connectivity index (χ1n) is 6.70. The number of hydrogen-bond acceptors (Lipinski definition) is 4. The molecule has 0 unspecified atom stereocenters. The van der Waals surface area contributed by atoms with E-state index in [2.05, 4.69) is 15.9 Å². The summed E-state index contributed by atoms with van der Waals surface area (Å²) in [5.74, 6) is -0.918. The second-order valence-electron chi connectivity index (χ2n) is 4.63. The molecule has 5 nitrogen and oxygen atoms in total. The first kappa shape index (κ1) is 17.9. The molecule has 0 heterocycles. The number of esters is 1. The number of nitrogens with zero attached hydrogens (tertiary/aromatic N) is 2. The summed E-state index contributed by atoms with van der Waals surface area (Å²) in [5, 5.41) is 8.49. The van der Waals surface area contributed by atoms with E-state index in [1.165, 1.54) is 17.9 Å². The third-order valence-corrected chi connectivity index (χ3v) is 3.39. The molecule has 6 heteroatoms. The largest absolute Gasteiger partial charge is 0.449 e. The van der Waals surface area contributed by atoms with E-state index >= 15 is 0 Å². The molecule has 1 aromatic rings. The Morgan fingerprint density at radius 1 is 1.41 bits per heavy atom. The van der Waals surface area contributed by atoms with Crippen LogP contribution in [0, 0.1) is 11.3 Å². The molecule has 1 aromatic carbocycles. The summed E-state index contributed by atoms with van der Waals surface area (Å²) in [6, 6.07) is 9.37. The van der Waals surface area contributed by atoms with Crippen LogP contribution in [0.3, 0.4) is 0 Å². The maximum atomic E-state index is 11.9. The van der Waals surface area contributed by atoms with Gasteiger partial charge in [-0.1, -0.05) is 28.1 Å². The summed E-state index contributed by atoms with van der Waals surface area (Å²) < 4.78 is 6.00. The molecule has 0 saturated heterocycles. The number of rotatable bonds is 6. The number of carbonyl (C=O) groups excluding carboxylic acids is 2. The molecule has 0 aliphatic heterocycles. The van der Waals surface area contributed by atoms with Crippen LogP contribution in [0.5, 0.6) is 0 Å². The van der Waals surface area contributed by atoms with Crippen LogP contribution >= 0.6 is 15.9 Å². The van der Waals surface area contributed by atoms with Crippen molar-refractivity contribution >= 4 is 33.9 Å². The van der Waals surface area contributed by atoms with E-state index in [-0.39, 0.29) is 12.3 Å². The number of nitriles is 1. The molecule has 1 atom stereocenters. The third kappa shape index (κ3) is 6.10. The van der Waals surface area contributed by atoms with Crippen molar-refractivity contribution in [2.24, 2.45) is 0 Å². The smallest absolute Gasteiger partial charge is 0.331 e. The van der Waals surface area contributed by atoms with Crippen LogP contribution in [-0.2, 0) is 14.3 Å². The van der Waals surface area contributed by atoms with Crippen molar-refractivity contribution in [1.29, 1.82) is 5.26 Å². The van der Waals surface area contributed by atoms with Crippen molar-refractivity contribution in [2.45, 2.75) is 19.4 Å². The Morgan fingerprint density at radius 2 is 2.05 bits per heavy atom. The monoisotopic (exact) mass is 364 g/mol. The van der Waals surface area contributed by atoms with Gasteiger partial charge in [0.2, 0.25) is 0 Å². The summed E-state index contributed by atoms with van der Waals surface area (Å²) in [6.07, 6.45) is 2.26. The highest BCUT2D eigenvalue weighted by Crippen LogP contribution is 2.11. The van der Waals surface area contributed by atoms with Gasteiger partial charge < -0.3 is 9.64 Å². The number of ether oxygens (including phenoxy) is 1. The molecule has 0 aromatic heterocycles. The van der Waals surface area contributed by atoms with E-state index < -0.39 is 12.1 Å². The van der Waals surface area contributed by atoms with Crippen LogP contribution in [0.4, 0.5) is 0 Å². The highest BCUT2D eigenvalue weighted by atomic mass is 79.9. The number of amides is 1. The minimum Gasteiger partial charge on any atom is -0.449 e. The molecule has 0 aliphatic rings. The van der Waals surface area contributed by atoms with Crippen molar-refractivity contribution in [3.8, 4) is 6.07 Å². The lowest BCUT2D eigenvalue weighted by atomic mass is 10.2. The molecule has 0 aliphatic carbocycles. The normalized spacial score (nSPS) is 11.7. The summed E-state index contributed by atoms with van der Waals surface area (Å²) in [5.41, 5.74) is 0.852. The number of carbonyl (C=O) groups is 2. The summed E-state index contributed by atoms with van der Waals surface area (Å²) >= 11 is 3.33. The lowest BCUT2D eigenvalue weighted by molar-refractivity contribution is -0.154. The maximum absolute atomic E-state index is 11.9. The van der Waals surface area contributed by atoms with Crippen LogP contribution in [0.2, 0.25) is 0 Å². The summed E-state index contributed by atoms with van der Waals surface area (Å²) in [7, 11) is 1.57. The fourth-order valence-electron chi connectivity index (χ4n) is 1.64. The Labute approximate surface area is 138 Å².